The molecule has 0 saturated heterocycles. The summed E-state index contributed by atoms with van der Waals surface area (Å²) in [4.78, 5) is 0. The van der Waals surface area contributed by atoms with Crippen molar-refractivity contribution < 1.29 is 10.2 Å². The quantitative estimate of drug-likeness (QED) is 0.783. The van der Waals surface area contributed by atoms with E-state index in [4.69, 9.17) is 5.11 Å². The van der Waals surface area contributed by atoms with Crippen LogP contribution in [0.15, 0.2) is 42.5 Å². The Labute approximate surface area is 119 Å². The van der Waals surface area contributed by atoms with Crippen LogP contribution in [0.3, 0.4) is 0 Å². The number of benzene rings is 2. The molecule has 0 spiro atoms. The molecular weight excluding hydrogens is 250 g/mol. The molecule has 3 heteroatoms. The van der Waals surface area contributed by atoms with E-state index in [-0.39, 0.29) is 6.61 Å². The van der Waals surface area contributed by atoms with Crippen LogP contribution in [0.5, 0.6) is 0 Å². The molecule has 0 aliphatic rings. The van der Waals surface area contributed by atoms with Gasteiger partial charge in [0.25, 0.3) is 0 Å². The third-order valence-corrected chi connectivity index (χ3v) is 3.48. The predicted molar refractivity (Wildman–Crippen MR) is 82.9 cm³/mol. The van der Waals surface area contributed by atoms with Crippen molar-refractivity contribution in [2.45, 2.75) is 20.0 Å². The van der Waals surface area contributed by atoms with Gasteiger partial charge in [-0.25, -0.2) is 0 Å². The zero-order chi connectivity index (χ0) is 14.5. The van der Waals surface area contributed by atoms with Gasteiger partial charge in [0.1, 0.15) is 0 Å². The Morgan fingerprint density at radius 1 is 0.950 bits per heavy atom. The van der Waals surface area contributed by atoms with Crippen LogP contribution in [0.2, 0.25) is 0 Å². The molecule has 0 fully saturated rings. The van der Waals surface area contributed by atoms with Crippen LogP contribution in [0.4, 0.5) is 5.69 Å². The van der Waals surface area contributed by atoms with Crippen molar-refractivity contribution in [1.82, 2.24) is 0 Å². The average Bonchev–Trinajstić information content (AvgIpc) is 2.48. The molecule has 3 N–H and O–H groups in total. The fourth-order valence-electron chi connectivity index (χ4n) is 2.00. The molecule has 2 aromatic rings. The molecule has 0 saturated carbocycles. The highest BCUT2D eigenvalue weighted by atomic mass is 16.3. The van der Waals surface area contributed by atoms with Gasteiger partial charge < -0.3 is 15.5 Å². The Kier molecular flexibility index (Phi) is 4.77. The summed E-state index contributed by atoms with van der Waals surface area (Å²) in [6.45, 7) is 4.34. The minimum absolute atomic E-state index is 0.228. The standard InChI is InChI=1S/C17H21NO2/c1-12-3-4-15(9-13(12)2)14-5-7-16(8-6-14)18-10-17(20)11-19/h3-9,17-20H,10-11H2,1-2H3. The predicted octanol–water partition coefficient (Wildman–Crippen LogP) is 2.74. The first-order chi connectivity index (χ1) is 9.60. The van der Waals surface area contributed by atoms with E-state index in [2.05, 4.69) is 49.5 Å². The Bertz CT molecular complexity index is 564. The molecule has 2 rings (SSSR count). The second-order valence-electron chi connectivity index (χ2n) is 5.09. The molecule has 20 heavy (non-hydrogen) atoms. The summed E-state index contributed by atoms with van der Waals surface area (Å²) in [5, 5.41) is 21.1. The number of aliphatic hydroxyl groups excluding tert-OH is 2. The van der Waals surface area contributed by atoms with E-state index in [1.54, 1.807) is 0 Å². The lowest BCUT2D eigenvalue weighted by Gasteiger charge is -2.11. The van der Waals surface area contributed by atoms with Gasteiger partial charge in [-0.3, -0.25) is 0 Å². The van der Waals surface area contributed by atoms with Gasteiger partial charge in [0.15, 0.2) is 0 Å². The molecule has 0 amide bonds. The molecule has 2 aromatic carbocycles. The van der Waals surface area contributed by atoms with E-state index >= 15 is 0 Å². The van der Waals surface area contributed by atoms with Crippen LogP contribution < -0.4 is 5.32 Å². The van der Waals surface area contributed by atoms with Gasteiger partial charge in [0.05, 0.1) is 12.7 Å². The minimum atomic E-state index is -0.727. The van der Waals surface area contributed by atoms with Gasteiger partial charge >= 0.3 is 0 Å². The summed E-state index contributed by atoms with van der Waals surface area (Å²) in [5.41, 5.74) is 5.89. The topological polar surface area (TPSA) is 52.5 Å². The zero-order valence-corrected chi connectivity index (χ0v) is 11.9. The fourth-order valence-corrected chi connectivity index (χ4v) is 2.00. The summed E-state index contributed by atoms with van der Waals surface area (Å²) >= 11 is 0. The number of hydrogen-bond acceptors (Lipinski definition) is 3. The Hall–Kier alpha value is -1.84. The highest BCUT2D eigenvalue weighted by Crippen LogP contribution is 2.23. The highest BCUT2D eigenvalue weighted by molar-refractivity contribution is 5.67. The van der Waals surface area contributed by atoms with Crippen LogP contribution in [-0.2, 0) is 0 Å². The third kappa shape index (κ3) is 3.59. The molecule has 0 radical (unpaired) electrons. The molecule has 0 aliphatic heterocycles. The number of nitrogens with one attached hydrogen (secondary N) is 1. The van der Waals surface area contributed by atoms with Crippen molar-refractivity contribution in [3.8, 4) is 11.1 Å². The lowest BCUT2D eigenvalue weighted by Crippen LogP contribution is -2.22. The van der Waals surface area contributed by atoms with Crippen LogP contribution in [0, 0.1) is 13.8 Å². The number of anilines is 1. The van der Waals surface area contributed by atoms with Crippen molar-refractivity contribution in [3.05, 3.63) is 53.6 Å². The number of aryl methyl sites for hydroxylation is 2. The summed E-state index contributed by atoms with van der Waals surface area (Å²) in [7, 11) is 0. The lowest BCUT2D eigenvalue weighted by molar-refractivity contribution is 0.105. The molecular formula is C17H21NO2. The van der Waals surface area contributed by atoms with E-state index in [0.29, 0.717) is 6.54 Å². The number of hydrogen-bond donors (Lipinski definition) is 3. The maximum Gasteiger partial charge on any atom is 0.0942 e. The Morgan fingerprint density at radius 2 is 1.60 bits per heavy atom. The molecule has 0 aliphatic carbocycles. The first-order valence-electron chi connectivity index (χ1n) is 6.80. The molecule has 0 aromatic heterocycles. The monoisotopic (exact) mass is 271 g/mol. The third-order valence-electron chi connectivity index (χ3n) is 3.48. The average molecular weight is 271 g/mol. The van der Waals surface area contributed by atoms with Crippen molar-refractivity contribution in [2.75, 3.05) is 18.5 Å². The van der Waals surface area contributed by atoms with Crippen molar-refractivity contribution in [2.24, 2.45) is 0 Å². The van der Waals surface area contributed by atoms with Crippen molar-refractivity contribution in [3.63, 3.8) is 0 Å². The van der Waals surface area contributed by atoms with Crippen LogP contribution in [0.25, 0.3) is 11.1 Å². The van der Waals surface area contributed by atoms with Crippen LogP contribution >= 0.6 is 0 Å². The fraction of sp³-hybridized carbons (Fsp3) is 0.294. The maximum atomic E-state index is 9.30. The first kappa shape index (κ1) is 14.6. The van der Waals surface area contributed by atoms with Gasteiger partial charge in [-0.1, -0.05) is 30.3 Å². The van der Waals surface area contributed by atoms with Crippen molar-refractivity contribution in [1.29, 1.82) is 0 Å². The van der Waals surface area contributed by atoms with Crippen LogP contribution in [-0.4, -0.2) is 29.5 Å². The Morgan fingerprint density at radius 3 is 2.20 bits per heavy atom. The number of rotatable bonds is 5. The molecule has 0 bridgehead atoms. The van der Waals surface area contributed by atoms with Gasteiger partial charge in [0.2, 0.25) is 0 Å². The zero-order valence-electron chi connectivity index (χ0n) is 11.9. The molecule has 1 atom stereocenters. The summed E-state index contributed by atoms with van der Waals surface area (Å²) in [6, 6.07) is 14.5. The second kappa shape index (κ2) is 6.55. The maximum absolute atomic E-state index is 9.30. The summed E-state index contributed by atoms with van der Waals surface area (Å²) < 4.78 is 0. The van der Waals surface area contributed by atoms with Gasteiger partial charge in [-0.05, 0) is 48.2 Å². The van der Waals surface area contributed by atoms with Gasteiger partial charge in [0, 0.05) is 12.2 Å². The second-order valence-corrected chi connectivity index (χ2v) is 5.09. The lowest BCUT2D eigenvalue weighted by atomic mass is 10.0. The summed E-state index contributed by atoms with van der Waals surface area (Å²) in [5.74, 6) is 0. The van der Waals surface area contributed by atoms with E-state index in [1.165, 1.54) is 22.3 Å². The normalized spacial score (nSPS) is 12.2. The van der Waals surface area contributed by atoms with Crippen LogP contribution in [0.1, 0.15) is 11.1 Å². The highest BCUT2D eigenvalue weighted by Gasteiger charge is 2.03. The smallest absolute Gasteiger partial charge is 0.0942 e. The van der Waals surface area contributed by atoms with Gasteiger partial charge in [-0.15, -0.1) is 0 Å². The molecule has 3 nitrogen and oxygen atoms in total. The van der Waals surface area contributed by atoms with Gasteiger partial charge in [-0.2, -0.15) is 0 Å². The largest absolute Gasteiger partial charge is 0.394 e. The van der Waals surface area contributed by atoms with E-state index < -0.39 is 6.10 Å². The Balaban J connectivity index is 2.09. The first-order valence-corrected chi connectivity index (χ1v) is 6.80. The molecule has 1 unspecified atom stereocenters. The summed E-state index contributed by atoms with van der Waals surface area (Å²) in [6.07, 6.45) is -0.727. The van der Waals surface area contributed by atoms with E-state index in [1.807, 2.05) is 12.1 Å². The van der Waals surface area contributed by atoms with E-state index in [0.717, 1.165) is 5.69 Å². The SMILES string of the molecule is Cc1ccc(-c2ccc(NCC(O)CO)cc2)cc1C. The van der Waals surface area contributed by atoms with E-state index in [9.17, 15) is 5.11 Å². The molecule has 0 heterocycles. The van der Waals surface area contributed by atoms with Crippen molar-refractivity contribution >= 4 is 5.69 Å². The number of aliphatic hydroxyl groups is 2. The molecule has 106 valence electrons. The minimum Gasteiger partial charge on any atom is -0.394 e.